The van der Waals surface area contributed by atoms with Gasteiger partial charge in [0.05, 0.1) is 61.3 Å². The summed E-state index contributed by atoms with van der Waals surface area (Å²) in [5, 5.41) is 9.99. The normalized spacial score (nSPS) is 22.5. The zero-order valence-corrected chi connectivity index (χ0v) is 69.2. The van der Waals surface area contributed by atoms with Crippen molar-refractivity contribution in [1.82, 2.24) is 45.9 Å². The van der Waals surface area contributed by atoms with Crippen LogP contribution in [0.5, 0.6) is 0 Å². The van der Waals surface area contributed by atoms with Crippen LogP contribution >= 0.6 is 15.9 Å². The first-order valence-electron chi connectivity index (χ1n) is 42.0. The van der Waals surface area contributed by atoms with Gasteiger partial charge < -0.3 is 55.7 Å². The van der Waals surface area contributed by atoms with Crippen LogP contribution in [-0.4, -0.2) is 112 Å². The summed E-state index contributed by atoms with van der Waals surface area (Å²) in [5.74, 6) is 4.77. The molecule has 0 radical (unpaired) electrons. The number of hydrogen-bond donors (Lipinski definition) is 4. The van der Waals surface area contributed by atoms with Gasteiger partial charge in [0.2, 0.25) is 0 Å². The summed E-state index contributed by atoms with van der Waals surface area (Å²) in [7, 11) is 0. The molecule has 19 nitrogen and oxygen atoms in total. The summed E-state index contributed by atoms with van der Waals surface area (Å²) in [6, 6.07) is 59.4. The summed E-state index contributed by atoms with van der Waals surface area (Å²) in [6.45, 7) is 20.1. The fourth-order valence-corrected chi connectivity index (χ4v) is 19.9. The number of alkyl carbamates (subject to hydrolysis) is 2. The van der Waals surface area contributed by atoms with Crippen LogP contribution in [0.3, 0.4) is 0 Å². The lowest BCUT2D eigenvalue weighted by Crippen LogP contribution is -2.48. The van der Waals surface area contributed by atoms with Crippen molar-refractivity contribution in [2.24, 2.45) is 22.0 Å². The van der Waals surface area contributed by atoms with Crippen molar-refractivity contribution in [3.05, 3.63) is 256 Å². The van der Waals surface area contributed by atoms with Crippen molar-refractivity contribution in [3.63, 3.8) is 0 Å². The van der Waals surface area contributed by atoms with Crippen molar-refractivity contribution in [3.8, 4) is 0 Å². The topological polar surface area (TPSA) is 208 Å². The molecule has 6 aliphatic heterocycles. The number of benzene rings is 6. The van der Waals surface area contributed by atoms with E-state index >= 15 is 0 Å². The molecule has 6 saturated heterocycles. The maximum Gasteiger partial charge on any atom is 0.408 e. The molecule has 9 aliphatic rings. The smallest absolute Gasteiger partial charge is 0.408 e. The van der Waals surface area contributed by atoms with Crippen molar-refractivity contribution < 1.29 is 19.1 Å². The van der Waals surface area contributed by atoms with E-state index in [1.54, 1.807) is 6.20 Å². The molecule has 20 heteroatoms. The monoisotopic (exact) mass is 1600 g/mol. The number of nitrogens with two attached hydrogens (primary N) is 1. The van der Waals surface area contributed by atoms with Crippen molar-refractivity contribution in [1.29, 1.82) is 0 Å². The third-order valence-corrected chi connectivity index (χ3v) is 25.9. The number of rotatable bonds is 10. The van der Waals surface area contributed by atoms with Gasteiger partial charge in [0, 0.05) is 75.3 Å². The second kappa shape index (κ2) is 35.3. The summed E-state index contributed by atoms with van der Waals surface area (Å²) >= 11 is 3.34. The third kappa shape index (κ3) is 18.6. The maximum absolute atomic E-state index is 12.8. The Morgan fingerprint density at radius 1 is 0.412 bits per heavy atom. The van der Waals surface area contributed by atoms with E-state index in [0.717, 1.165) is 150 Å². The quantitative estimate of drug-likeness (QED) is 0.100. The first-order valence-corrected chi connectivity index (χ1v) is 42.8. The molecule has 0 bridgehead atoms. The molecule has 9 aromatic rings. The van der Waals surface area contributed by atoms with Gasteiger partial charge in [-0.3, -0.25) is 0 Å². The van der Waals surface area contributed by atoms with Crippen LogP contribution in [0.15, 0.2) is 206 Å². The van der Waals surface area contributed by atoms with Crippen molar-refractivity contribution in [2.75, 3.05) is 83.4 Å². The first-order chi connectivity index (χ1) is 55.3. The average Bonchev–Trinajstić information content (AvgIpc) is 1.60. The van der Waals surface area contributed by atoms with E-state index in [1.807, 2.05) is 78.6 Å². The van der Waals surface area contributed by atoms with Crippen LogP contribution in [0.25, 0.3) is 0 Å². The molecule has 3 aliphatic carbocycles. The minimum Gasteiger partial charge on any atom is -0.444 e. The molecule has 3 aromatic heterocycles. The van der Waals surface area contributed by atoms with Gasteiger partial charge in [-0.05, 0) is 229 Å². The Labute approximate surface area is 683 Å². The lowest BCUT2D eigenvalue weighted by atomic mass is 9.72. The lowest BCUT2D eigenvalue weighted by Gasteiger charge is -2.44. The van der Waals surface area contributed by atoms with Crippen LogP contribution < -0.4 is 46.2 Å². The summed E-state index contributed by atoms with van der Waals surface area (Å²) in [6.07, 6.45) is 31.1. The second-order valence-corrected chi connectivity index (χ2v) is 35.9. The molecule has 5 N–H and O–H groups in total. The minimum atomic E-state index is -0.529. The molecule has 114 heavy (non-hydrogen) atoms. The molecule has 2 amide bonds. The van der Waals surface area contributed by atoms with E-state index in [-0.39, 0.29) is 46.6 Å². The number of carbonyl (C=O) groups is 2. The minimum absolute atomic E-state index is 0.000116. The van der Waals surface area contributed by atoms with E-state index < -0.39 is 11.2 Å². The Kier molecular flexibility index (Phi) is 24.7. The van der Waals surface area contributed by atoms with Crippen LogP contribution in [-0.2, 0) is 28.7 Å². The van der Waals surface area contributed by atoms with E-state index in [1.165, 1.54) is 108 Å². The van der Waals surface area contributed by atoms with Crippen LogP contribution in [0.4, 0.5) is 38.7 Å². The third-order valence-electron chi connectivity index (χ3n) is 25.5. The van der Waals surface area contributed by atoms with E-state index in [9.17, 15) is 9.59 Å². The zero-order valence-electron chi connectivity index (χ0n) is 67.6. The number of halogens is 1. The highest BCUT2D eigenvalue weighted by atomic mass is 79.9. The number of nitrogens with one attached hydrogen (secondary N) is 3. The fraction of sp³-hybridized carbons (Fsp3) is 0.468. The summed E-state index contributed by atoms with van der Waals surface area (Å²) < 4.78 is 12.0. The van der Waals surface area contributed by atoms with E-state index in [2.05, 4.69) is 224 Å². The number of carbonyl (C=O) groups excluding carboxylic acids is 2. The van der Waals surface area contributed by atoms with Gasteiger partial charge in [-0.25, -0.2) is 39.5 Å². The Bertz CT molecular complexity index is 4620. The number of nitrogens with zero attached hydrogens (tertiary/aromatic N) is 11. The Morgan fingerprint density at radius 3 is 1.15 bits per heavy atom. The number of hydrogen-bond acceptors (Lipinski definition) is 17. The molecule has 9 heterocycles. The highest BCUT2D eigenvalue weighted by Gasteiger charge is 2.51. The number of ether oxygens (including phenoxy) is 2. The van der Waals surface area contributed by atoms with Crippen molar-refractivity contribution >= 4 is 57.2 Å². The largest absolute Gasteiger partial charge is 0.444 e. The molecule has 6 atom stereocenters. The van der Waals surface area contributed by atoms with Gasteiger partial charge in [-0.1, -0.05) is 170 Å². The van der Waals surface area contributed by atoms with Gasteiger partial charge in [0.1, 0.15) is 44.9 Å². The van der Waals surface area contributed by atoms with Gasteiger partial charge >= 0.3 is 12.2 Å². The molecule has 6 fully saturated rings. The molecule has 0 unspecified atom stereocenters. The maximum atomic E-state index is 12.8. The van der Waals surface area contributed by atoms with Crippen molar-refractivity contribution in [2.45, 2.75) is 205 Å². The molecule has 3 spiro atoms. The number of anilines is 5. The van der Waals surface area contributed by atoms with Crippen LogP contribution in [0.1, 0.15) is 224 Å². The molecule has 18 rings (SSSR count). The lowest BCUT2D eigenvalue weighted by molar-refractivity contribution is 0.0418. The number of aromatic nitrogens is 6. The predicted molar refractivity (Wildman–Crippen MR) is 459 cm³/mol. The second-order valence-electron chi connectivity index (χ2n) is 35.1. The van der Waals surface area contributed by atoms with Crippen LogP contribution in [0, 0.1) is 16.2 Å². The fourth-order valence-electron chi connectivity index (χ4n) is 19.7. The first kappa shape index (κ1) is 79.7. The molecular weight excluding hydrogens is 1480 g/mol. The van der Waals surface area contributed by atoms with Gasteiger partial charge in [-0.15, -0.1) is 0 Å². The van der Waals surface area contributed by atoms with E-state index in [0.29, 0.717) is 18.1 Å². The molecule has 0 saturated carbocycles. The molecular formula is C94H116BrN15O4. The Hall–Kier alpha value is -9.50. The molecule has 598 valence electrons. The van der Waals surface area contributed by atoms with E-state index in [4.69, 9.17) is 35.1 Å². The van der Waals surface area contributed by atoms with Crippen LogP contribution in [0.2, 0.25) is 0 Å². The number of amides is 2. The standard InChI is InChI=1S/C33H41N5O2.C28H33N5.C22H27BrN4O2.C11H15N/c1-32(2,3)40-31(39)36-30-26-14-8-7-13-25(26)21-33(30)16-19-37(20-17-33)28-22-35-29(23-34-28)38-18-10-9-15-27(38)24-11-5-4-6-12-24;29-27-23-11-5-4-10-22(23)18-28(27)13-16-32(17-14-28)25-19-31-26(20-30-25)33-15-7-6-12-24(33)21-8-2-1-3-9-21;1-21(2,3)29-20(28)26-19-16-7-5-4-6-15(16)12-22(19)8-10-27(11-9-22)18-14-24-17(23)13-25-18;1-2-6-10(7-3-1)11-8-4-5-9-12-11/h4-8,11-14,22-23,27,30H,9-10,15-21H2,1-3H3,(H,36,39);1-5,8-11,19-20,24,27H,6-7,12-18,29H2;4-7,13-14,19H,8-12H2,1-3H3,(H,26,28);1-3,6-7,11-12H,4-5,8-9H2/t27-,30-;24-,27-;19-;11-/m1111/s1. The summed E-state index contributed by atoms with van der Waals surface area (Å²) in [5.41, 5.74) is 17.9. The molecule has 6 aromatic carbocycles. The van der Waals surface area contributed by atoms with Gasteiger partial charge in [0.25, 0.3) is 0 Å². The highest BCUT2D eigenvalue weighted by Crippen LogP contribution is 2.55. The number of piperidine rings is 6. The predicted octanol–water partition coefficient (Wildman–Crippen LogP) is 18.8. The highest BCUT2D eigenvalue weighted by molar-refractivity contribution is 9.10. The number of fused-ring (bicyclic) bond motifs is 3. The zero-order chi connectivity index (χ0) is 78.9. The average molecular weight is 1600 g/mol. The SMILES string of the molecule is CC(C)(C)OC(=O)N[C@@H]1c2ccccc2CC12CCN(c1cnc(Br)cn1)CC2.CC(C)(C)OC(=O)N[C@@H]1c2ccccc2CC12CCN(c1cnc(N3CCCC[C@@H]3c3ccccc3)cn1)CC2.N[C@@H]1c2ccccc2CC12CCN(c1cnc(N3CCCC[C@@H]3c3ccccc3)cn1)CC2.c1ccc([C@H]2CCCCN2)cc1. The Morgan fingerprint density at radius 2 is 0.763 bits per heavy atom. The van der Waals surface area contributed by atoms with Gasteiger partial charge in [0.15, 0.2) is 0 Å². The summed E-state index contributed by atoms with van der Waals surface area (Å²) in [4.78, 5) is 65.7. The van der Waals surface area contributed by atoms with Gasteiger partial charge in [-0.2, -0.15) is 0 Å². The Balaban J connectivity index is 0.000000126.